The standard InChI is InChI=1S/C38H63NO4S/c1-6-9-12-15-17-22-27-39(28-23-18-16-13-10-7-2)34-30-33(31-38(4,5)32-34)36(37(40)43-29-24-14-11-8-3)44(41,42)35-25-20-19-21-26-35/h19-21,25-26,30H,6-18,22-24,27-29,31-32H2,1-5H3/b36-33-. The maximum Gasteiger partial charge on any atom is 0.350 e. The number of carbonyl (C=O) groups is 1. The molecule has 1 aromatic carbocycles. The summed E-state index contributed by atoms with van der Waals surface area (Å²) >= 11 is 0. The summed E-state index contributed by atoms with van der Waals surface area (Å²) in [6.45, 7) is 13.2. The van der Waals surface area contributed by atoms with E-state index in [4.69, 9.17) is 4.74 Å². The van der Waals surface area contributed by atoms with Crippen LogP contribution >= 0.6 is 0 Å². The van der Waals surface area contributed by atoms with Gasteiger partial charge in [-0.15, -0.1) is 0 Å². The highest BCUT2D eigenvalue weighted by atomic mass is 32.2. The molecule has 44 heavy (non-hydrogen) atoms. The van der Waals surface area contributed by atoms with Crippen molar-refractivity contribution < 1.29 is 17.9 Å². The Morgan fingerprint density at radius 2 is 1.23 bits per heavy atom. The number of sulfone groups is 1. The van der Waals surface area contributed by atoms with Crippen LogP contribution in [0, 0.1) is 5.41 Å². The Hall–Kier alpha value is -2.08. The number of ether oxygens (including phenoxy) is 1. The predicted molar refractivity (Wildman–Crippen MR) is 185 cm³/mol. The van der Waals surface area contributed by atoms with Crippen molar-refractivity contribution in [2.24, 2.45) is 5.41 Å². The van der Waals surface area contributed by atoms with Gasteiger partial charge in [0.25, 0.3) is 0 Å². The van der Waals surface area contributed by atoms with Gasteiger partial charge in [0.2, 0.25) is 9.84 Å². The highest BCUT2D eigenvalue weighted by Crippen LogP contribution is 2.42. The van der Waals surface area contributed by atoms with Crippen LogP contribution in [0.4, 0.5) is 0 Å². The van der Waals surface area contributed by atoms with Crippen LogP contribution in [-0.2, 0) is 19.4 Å². The van der Waals surface area contributed by atoms with Crippen LogP contribution in [0.3, 0.4) is 0 Å². The molecule has 5 nitrogen and oxygen atoms in total. The lowest BCUT2D eigenvalue weighted by Gasteiger charge is -2.38. The lowest BCUT2D eigenvalue weighted by molar-refractivity contribution is -0.138. The molecule has 0 fully saturated rings. The molecular formula is C38H63NO4S. The van der Waals surface area contributed by atoms with Crippen molar-refractivity contribution in [3.05, 3.63) is 52.6 Å². The minimum absolute atomic E-state index is 0.139. The van der Waals surface area contributed by atoms with E-state index in [1.165, 1.54) is 64.2 Å². The molecule has 0 spiro atoms. The molecule has 1 aliphatic rings. The van der Waals surface area contributed by atoms with Crippen molar-refractivity contribution in [1.29, 1.82) is 0 Å². The first-order valence-electron chi connectivity index (χ1n) is 17.8. The third-order valence-electron chi connectivity index (χ3n) is 8.67. The molecule has 0 saturated heterocycles. The molecule has 0 amide bonds. The molecule has 0 saturated carbocycles. The average molecular weight is 630 g/mol. The van der Waals surface area contributed by atoms with E-state index in [0.29, 0.717) is 12.0 Å². The van der Waals surface area contributed by atoms with Gasteiger partial charge in [-0.2, -0.15) is 0 Å². The van der Waals surface area contributed by atoms with E-state index >= 15 is 0 Å². The quantitative estimate of drug-likeness (QED) is 0.0684. The molecule has 0 aromatic heterocycles. The van der Waals surface area contributed by atoms with Gasteiger partial charge in [0.05, 0.1) is 11.5 Å². The minimum atomic E-state index is -4.06. The van der Waals surface area contributed by atoms with Crippen molar-refractivity contribution in [2.75, 3.05) is 19.7 Å². The highest BCUT2D eigenvalue weighted by molar-refractivity contribution is 7.96. The SMILES string of the molecule is CCCCCCCCN(CCCCCCCC)C1=C/C(=C(\C(=O)OCCCCCC)S(=O)(=O)c2ccccc2)CC(C)(C)C1. The Morgan fingerprint density at radius 1 is 0.727 bits per heavy atom. The fraction of sp³-hybridized carbons (Fsp3) is 0.711. The van der Waals surface area contributed by atoms with Crippen molar-refractivity contribution >= 4 is 15.8 Å². The maximum absolute atomic E-state index is 14.1. The lowest BCUT2D eigenvalue weighted by atomic mass is 9.76. The van der Waals surface area contributed by atoms with E-state index in [1.54, 1.807) is 30.3 Å². The topological polar surface area (TPSA) is 63.7 Å². The van der Waals surface area contributed by atoms with E-state index in [-0.39, 0.29) is 21.8 Å². The van der Waals surface area contributed by atoms with E-state index in [0.717, 1.165) is 63.7 Å². The fourth-order valence-electron chi connectivity index (χ4n) is 6.18. The molecule has 0 heterocycles. The van der Waals surface area contributed by atoms with Gasteiger partial charge in [0.15, 0.2) is 4.91 Å². The molecule has 0 aliphatic heterocycles. The first-order valence-corrected chi connectivity index (χ1v) is 19.3. The summed E-state index contributed by atoms with van der Waals surface area (Å²) in [5.41, 5.74) is 1.57. The average Bonchev–Trinajstić information content (AvgIpc) is 2.99. The Balaban J connectivity index is 2.45. The summed E-state index contributed by atoms with van der Waals surface area (Å²) in [4.78, 5) is 16.1. The summed E-state index contributed by atoms with van der Waals surface area (Å²) in [6.07, 6.45) is 22.2. The Morgan fingerprint density at radius 3 is 1.77 bits per heavy atom. The van der Waals surface area contributed by atoms with Crippen molar-refractivity contribution in [2.45, 2.75) is 155 Å². The zero-order valence-electron chi connectivity index (χ0n) is 28.8. The Labute approximate surface area is 270 Å². The van der Waals surface area contributed by atoms with Crippen LogP contribution < -0.4 is 0 Å². The normalized spacial score (nSPS) is 16.0. The van der Waals surface area contributed by atoms with Crippen LogP contribution in [0.2, 0.25) is 0 Å². The second kappa shape index (κ2) is 20.9. The third-order valence-corrected chi connectivity index (χ3v) is 10.5. The zero-order chi connectivity index (χ0) is 32.3. The van der Waals surface area contributed by atoms with E-state index in [1.807, 2.05) is 6.08 Å². The number of allylic oxidation sites excluding steroid dienone is 3. The predicted octanol–water partition coefficient (Wildman–Crippen LogP) is 10.6. The molecule has 6 heteroatoms. The molecular weight excluding hydrogens is 566 g/mol. The molecule has 250 valence electrons. The van der Waals surface area contributed by atoms with E-state index in [9.17, 15) is 13.2 Å². The summed E-state index contributed by atoms with van der Waals surface area (Å²) in [5, 5.41) is 0. The molecule has 0 unspecified atom stereocenters. The minimum Gasteiger partial charge on any atom is -0.462 e. The van der Waals surface area contributed by atoms with Crippen molar-refractivity contribution in [1.82, 2.24) is 4.90 Å². The van der Waals surface area contributed by atoms with Crippen LogP contribution in [0.5, 0.6) is 0 Å². The molecule has 1 aliphatic carbocycles. The van der Waals surface area contributed by atoms with Gasteiger partial charge in [-0.05, 0) is 61.3 Å². The number of esters is 1. The fourth-order valence-corrected chi connectivity index (χ4v) is 7.68. The molecule has 2 rings (SSSR count). The number of hydrogen-bond donors (Lipinski definition) is 0. The van der Waals surface area contributed by atoms with Gasteiger partial charge in [-0.3, -0.25) is 0 Å². The van der Waals surface area contributed by atoms with Crippen LogP contribution in [0.1, 0.15) is 150 Å². The molecule has 1 aromatic rings. The number of rotatable bonds is 23. The van der Waals surface area contributed by atoms with Gasteiger partial charge in [-0.1, -0.05) is 136 Å². The lowest BCUT2D eigenvalue weighted by Crippen LogP contribution is -2.32. The van der Waals surface area contributed by atoms with Crippen molar-refractivity contribution in [3.8, 4) is 0 Å². The first kappa shape index (κ1) is 38.1. The molecule has 0 radical (unpaired) electrons. The first-order chi connectivity index (χ1) is 21.2. The van der Waals surface area contributed by atoms with Crippen LogP contribution in [-0.4, -0.2) is 39.0 Å². The van der Waals surface area contributed by atoms with Gasteiger partial charge in [-0.25, -0.2) is 13.2 Å². The number of benzene rings is 1. The molecule has 0 bridgehead atoms. The van der Waals surface area contributed by atoms with E-state index < -0.39 is 15.8 Å². The third kappa shape index (κ3) is 13.5. The molecule has 0 N–H and O–H groups in total. The number of nitrogens with zero attached hydrogens (tertiary/aromatic N) is 1. The monoisotopic (exact) mass is 629 g/mol. The Bertz CT molecular complexity index is 1100. The van der Waals surface area contributed by atoms with Gasteiger partial charge in [0.1, 0.15) is 0 Å². The summed E-state index contributed by atoms with van der Waals surface area (Å²) in [6, 6.07) is 8.36. The largest absolute Gasteiger partial charge is 0.462 e. The summed E-state index contributed by atoms with van der Waals surface area (Å²) < 4.78 is 33.9. The summed E-state index contributed by atoms with van der Waals surface area (Å²) in [7, 11) is -4.06. The number of carbonyl (C=O) groups excluding carboxylic acids is 1. The molecule has 0 atom stereocenters. The van der Waals surface area contributed by atoms with Crippen LogP contribution in [0.15, 0.2) is 57.5 Å². The van der Waals surface area contributed by atoms with Gasteiger partial charge >= 0.3 is 5.97 Å². The van der Waals surface area contributed by atoms with Crippen molar-refractivity contribution in [3.63, 3.8) is 0 Å². The summed E-state index contributed by atoms with van der Waals surface area (Å²) in [5.74, 6) is -0.716. The zero-order valence-corrected chi connectivity index (χ0v) is 29.6. The maximum atomic E-state index is 14.1. The van der Waals surface area contributed by atoms with E-state index in [2.05, 4.69) is 39.5 Å². The second-order valence-corrected chi connectivity index (χ2v) is 15.4. The van der Waals surface area contributed by atoms with Gasteiger partial charge < -0.3 is 9.64 Å². The Kier molecular flexibility index (Phi) is 18.1. The highest BCUT2D eigenvalue weighted by Gasteiger charge is 2.36. The van der Waals surface area contributed by atoms with Gasteiger partial charge in [0, 0.05) is 18.8 Å². The number of hydrogen-bond acceptors (Lipinski definition) is 5. The second-order valence-electron chi connectivity index (χ2n) is 13.5. The smallest absolute Gasteiger partial charge is 0.350 e. The van der Waals surface area contributed by atoms with Crippen LogP contribution in [0.25, 0.3) is 0 Å². The number of unbranched alkanes of at least 4 members (excludes halogenated alkanes) is 13.